The number of nitrogens with zero attached hydrogens (tertiary/aromatic N) is 4. The smallest absolute Gasteiger partial charge is 0.262 e. The van der Waals surface area contributed by atoms with Crippen molar-refractivity contribution < 1.29 is 28.2 Å². The number of hydrogen-bond acceptors (Lipinski definition) is 7. The molecule has 3 aromatic carbocycles. The van der Waals surface area contributed by atoms with Gasteiger partial charge in [-0.15, -0.1) is 0 Å². The molecule has 2 heterocycles. The predicted molar refractivity (Wildman–Crippen MR) is 161 cm³/mol. The van der Waals surface area contributed by atoms with E-state index in [2.05, 4.69) is 4.90 Å². The lowest BCUT2D eigenvalue weighted by Crippen LogP contribution is -2.46. The topological polar surface area (TPSA) is 83.9 Å². The van der Waals surface area contributed by atoms with Crippen LogP contribution in [-0.2, 0) is 9.53 Å². The summed E-state index contributed by atoms with van der Waals surface area (Å²) in [5.74, 6) is 0.0156. The number of halogens is 2. The fourth-order valence-electron chi connectivity index (χ4n) is 5.26. The molecule has 0 bridgehead atoms. The summed E-state index contributed by atoms with van der Waals surface area (Å²) in [5, 5.41) is 6.45. The van der Waals surface area contributed by atoms with E-state index in [1.807, 2.05) is 12.1 Å². The molecule has 0 spiro atoms. The molecule has 43 heavy (non-hydrogen) atoms. The molecule has 226 valence electrons. The Labute approximate surface area is 255 Å². The molecule has 0 aliphatic carbocycles. The summed E-state index contributed by atoms with van der Waals surface area (Å²) < 4.78 is 30.1. The number of carbonyl (C=O) groups excluding carboxylic acids is 2. The van der Waals surface area contributed by atoms with Gasteiger partial charge in [0.15, 0.2) is 11.5 Å². The molecule has 0 N–H and O–H groups in total. The molecule has 0 aromatic heterocycles. The van der Waals surface area contributed by atoms with Crippen LogP contribution in [0, 0.1) is 5.82 Å². The van der Waals surface area contributed by atoms with Crippen LogP contribution in [0.1, 0.15) is 33.9 Å². The van der Waals surface area contributed by atoms with Crippen LogP contribution in [0.15, 0.2) is 71.8 Å². The van der Waals surface area contributed by atoms with E-state index in [1.54, 1.807) is 56.7 Å². The molecule has 0 unspecified atom stereocenters. The predicted octanol–water partition coefficient (Wildman–Crippen LogP) is 4.65. The lowest BCUT2D eigenvalue weighted by molar-refractivity contribution is -0.133. The van der Waals surface area contributed by atoms with Crippen LogP contribution in [0.25, 0.3) is 0 Å². The highest BCUT2D eigenvalue weighted by atomic mass is 35.5. The first kappa shape index (κ1) is 30.5. The van der Waals surface area contributed by atoms with Crippen LogP contribution in [0.2, 0.25) is 5.02 Å². The Bertz CT molecular complexity index is 1480. The van der Waals surface area contributed by atoms with Crippen molar-refractivity contribution in [3.63, 3.8) is 0 Å². The Hall–Kier alpha value is -3.99. The van der Waals surface area contributed by atoms with Crippen LogP contribution in [0.4, 0.5) is 4.39 Å². The monoisotopic (exact) mass is 608 g/mol. The third kappa shape index (κ3) is 7.15. The molecule has 2 amide bonds. The molecule has 9 nitrogen and oxygen atoms in total. The number of amides is 2. The number of methoxy groups -OCH3 is 2. The van der Waals surface area contributed by atoms with Crippen LogP contribution in [-0.4, -0.2) is 92.5 Å². The lowest BCUT2D eigenvalue weighted by atomic mass is 9.98. The second-order valence-corrected chi connectivity index (χ2v) is 10.7. The average molecular weight is 609 g/mol. The Morgan fingerprint density at radius 2 is 1.74 bits per heavy atom. The molecule has 1 fully saturated rings. The van der Waals surface area contributed by atoms with E-state index in [0.717, 1.165) is 18.7 Å². The number of carbonyl (C=O) groups is 2. The number of hydrogen-bond donors (Lipinski definition) is 0. The molecular formula is C32H34ClFN4O5. The van der Waals surface area contributed by atoms with E-state index in [4.69, 9.17) is 30.9 Å². The molecule has 2 aliphatic heterocycles. The molecule has 1 saturated heterocycles. The Morgan fingerprint density at radius 1 is 1.02 bits per heavy atom. The summed E-state index contributed by atoms with van der Waals surface area (Å²) in [6, 6.07) is 17.8. The van der Waals surface area contributed by atoms with Crippen molar-refractivity contribution in [3.05, 3.63) is 94.3 Å². The molecule has 2 aliphatic rings. The molecular weight excluding hydrogens is 575 g/mol. The number of benzene rings is 3. The second-order valence-electron chi connectivity index (χ2n) is 10.3. The zero-order chi connectivity index (χ0) is 30.3. The van der Waals surface area contributed by atoms with Crippen molar-refractivity contribution in [2.45, 2.75) is 12.5 Å². The number of ether oxygens (including phenoxy) is 3. The van der Waals surface area contributed by atoms with Gasteiger partial charge in [-0.25, -0.2) is 9.40 Å². The first-order valence-corrected chi connectivity index (χ1v) is 14.5. The minimum absolute atomic E-state index is 0.210. The largest absolute Gasteiger partial charge is 0.493 e. The zero-order valence-electron chi connectivity index (χ0n) is 24.2. The fraction of sp³-hybridized carbons (Fsp3) is 0.344. The highest BCUT2D eigenvalue weighted by Gasteiger charge is 2.35. The first-order valence-electron chi connectivity index (χ1n) is 14.1. The summed E-state index contributed by atoms with van der Waals surface area (Å²) in [5.41, 5.74) is 2.44. The van der Waals surface area contributed by atoms with Gasteiger partial charge in [0.05, 0.1) is 49.8 Å². The summed E-state index contributed by atoms with van der Waals surface area (Å²) in [6.45, 7) is 3.44. The van der Waals surface area contributed by atoms with Crippen molar-refractivity contribution in [1.82, 2.24) is 14.8 Å². The highest BCUT2D eigenvalue weighted by molar-refractivity contribution is 6.33. The third-order valence-electron chi connectivity index (χ3n) is 7.64. The van der Waals surface area contributed by atoms with E-state index in [0.29, 0.717) is 66.1 Å². The molecule has 5 rings (SSSR count). The molecule has 11 heteroatoms. The summed E-state index contributed by atoms with van der Waals surface area (Å²) in [6.07, 6.45) is 0.388. The van der Waals surface area contributed by atoms with Gasteiger partial charge in [0.25, 0.3) is 11.8 Å². The minimum atomic E-state index is -0.483. The number of morpholine rings is 1. The van der Waals surface area contributed by atoms with Gasteiger partial charge in [-0.3, -0.25) is 14.5 Å². The van der Waals surface area contributed by atoms with Gasteiger partial charge in [-0.1, -0.05) is 41.9 Å². The first-order chi connectivity index (χ1) is 20.9. The maximum atomic E-state index is 14.1. The van der Waals surface area contributed by atoms with Crippen LogP contribution < -0.4 is 9.47 Å². The lowest BCUT2D eigenvalue weighted by Gasteiger charge is -2.31. The fourth-order valence-corrected chi connectivity index (χ4v) is 5.47. The van der Waals surface area contributed by atoms with Gasteiger partial charge < -0.3 is 19.1 Å². The van der Waals surface area contributed by atoms with Crippen molar-refractivity contribution in [2.75, 3.05) is 60.2 Å². The highest BCUT2D eigenvalue weighted by Crippen LogP contribution is 2.37. The van der Waals surface area contributed by atoms with E-state index in [-0.39, 0.29) is 24.2 Å². The van der Waals surface area contributed by atoms with Gasteiger partial charge in [0.2, 0.25) is 0 Å². The number of rotatable bonds is 10. The second kappa shape index (κ2) is 14.0. The van der Waals surface area contributed by atoms with Gasteiger partial charge in [-0.05, 0) is 47.5 Å². The van der Waals surface area contributed by atoms with Gasteiger partial charge in [0, 0.05) is 32.6 Å². The van der Waals surface area contributed by atoms with Crippen molar-refractivity contribution in [1.29, 1.82) is 0 Å². The zero-order valence-corrected chi connectivity index (χ0v) is 24.9. The maximum Gasteiger partial charge on any atom is 0.262 e. The van der Waals surface area contributed by atoms with E-state index in [1.165, 1.54) is 22.0 Å². The number of hydrazone groups is 1. The summed E-state index contributed by atoms with van der Waals surface area (Å²) in [7, 11) is 3.10. The summed E-state index contributed by atoms with van der Waals surface area (Å²) in [4.78, 5) is 31.5. The normalized spacial score (nSPS) is 17.0. The van der Waals surface area contributed by atoms with Gasteiger partial charge in [-0.2, -0.15) is 5.10 Å². The van der Waals surface area contributed by atoms with Crippen molar-refractivity contribution >= 4 is 29.1 Å². The van der Waals surface area contributed by atoms with Gasteiger partial charge >= 0.3 is 0 Å². The Morgan fingerprint density at radius 3 is 2.44 bits per heavy atom. The minimum Gasteiger partial charge on any atom is -0.493 e. The van der Waals surface area contributed by atoms with E-state index >= 15 is 0 Å². The van der Waals surface area contributed by atoms with Crippen LogP contribution >= 0.6 is 11.6 Å². The third-order valence-corrected chi connectivity index (χ3v) is 7.97. The molecule has 1 atom stereocenters. The quantitative estimate of drug-likeness (QED) is 0.333. The van der Waals surface area contributed by atoms with Crippen LogP contribution in [0.5, 0.6) is 11.5 Å². The standard InChI is InChI=1S/C32H34ClFN4O5/c1-41-29-12-9-23(19-30(29)42-2)28-20-27(22-7-10-24(34)11-8-22)35-38(28)31(39)21-37(14-13-36-15-17-43-18-16-36)32(40)25-5-3-4-6-26(25)33/h3-12,19,28H,13-18,20-21H2,1-2H3/t28-/m0/s1. The van der Waals surface area contributed by atoms with Crippen LogP contribution in [0.3, 0.4) is 0 Å². The van der Waals surface area contributed by atoms with E-state index in [9.17, 15) is 14.0 Å². The SMILES string of the molecule is COc1ccc([C@@H]2CC(c3ccc(F)cc3)=NN2C(=O)CN(CCN2CCOCC2)C(=O)c2ccccc2Cl)cc1OC. The maximum absolute atomic E-state index is 14.1. The molecule has 0 saturated carbocycles. The van der Waals surface area contributed by atoms with Crippen molar-refractivity contribution in [3.8, 4) is 11.5 Å². The molecule has 0 radical (unpaired) electrons. The Balaban J connectivity index is 1.45. The Kier molecular flexibility index (Phi) is 9.91. The molecule has 3 aromatic rings. The average Bonchev–Trinajstić information content (AvgIpc) is 3.49. The van der Waals surface area contributed by atoms with Crippen molar-refractivity contribution in [2.24, 2.45) is 5.10 Å². The van der Waals surface area contributed by atoms with Gasteiger partial charge in [0.1, 0.15) is 12.4 Å². The summed E-state index contributed by atoms with van der Waals surface area (Å²) >= 11 is 6.39. The van der Waals surface area contributed by atoms with E-state index < -0.39 is 6.04 Å².